The number of hydrogen-bond donors (Lipinski definition) is 1. The zero-order valence-electron chi connectivity index (χ0n) is 13.8. The van der Waals surface area contributed by atoms with Crippen LogP contribution in [0, 0.1) is 0 Å². The molecule has 0 radical (unpaired) electrons. The minimum Gasteiger partial charge on any atom is -0.488 e. The number of aliphatic imine (C=N–C) groups is 1. The summed E-state index contributed by atoms with van der Waals surface area (Å²) >= 11 is 0. The second-order valence-electron chi connectivity index (χ2n) is 5.65. The summed E-state index contributed by atoms with van der Waals surface area (Å²) in [7, 11) is 3.12. The number of fused-ring (bicyclic) bond motifs is 1. The standard InChI is InChI=1S/C17H21N3O4/c1-22-17(23-2)14-12(9-11-5-3-6-18-15(11)20-14)10-13-16(21)19-7-4-8-24-13/h4,7-9,13,17H,3,5-6,10H2,1-2H3,(H,18,20). The average Bonchev–Trinajstić information content (AvgIpc) is 2.81. The van der Waals surface area contributed by atoms with Crippen molar-refractivity contribution in [2.24, 2.45) is 4.99 Å². The van der Waals surface area contributed by atoms with E-state index in [1.165, 1.54) is 12.5 Å². The molecule has 7 heteroatoms. The predicted molar refractivity (Wildman–Crippen MR) is 89.0 cm³/mol. The van der Waals surface area contributed by atoms with E-state index < -0.39 is 12.4 Å². The van der Waals surface area contributed by atoms with E-state index in [1.54, 1.807) is 20.3 Å². The number of hydrogen-bond acceptors (Lipinski definition) is 6. The molecule has 0 spiro atoms. The van der Waals surface area contributed by atoms with Crippen molar-refractivity contribution in [1.29, 1.82) is 0 Å². The van der Waals surface area contributed by atoms with Gasteiger partial charge in [0.1, 0.15) is 11.5 Å². The molecule has 7 nitrogen and oxygen atoms in total. The summed E-state index contributed by atoms with van der Waals surface area (Å²) < 4.78 is 16.2. The molecule has 2 aliphatic rings. The molecule has 128 valence electrons. The van der Waals surface area contributed by atoms with Crippen LogP contribution >= 0.6 is 0 Å². The molecule has 0 saturated heterocycles. The molecule has 0 aromatic carbocycles. The molecule has 24 heavy (non-hydrogen) atoms. The Morgan fingerprint density at radius 1 is 1.42 bits per heavy atom. The van der Waals surface area contributed by atoms with Gasteiger partial charge in [0, 0.05) is 33.4 Å². The van der Waals surface area contributed by atoms with Crippen LogP contribution in [0.3, 0.4) is 0 Å². The molecule has 1 aromatic heterocycles. The van der Waals surface area contributed by atoms with Crippen LogP contribution in [0.5, 0.6) is 0 Å². The highest BCUT2D eigenvalue weighted by Gasteiger charge is 2.26. The summed E-state index contributed by atoms with van der Waals surface area (Å²) in [5.74, 6) is 0.540. The third-order valence-electron chi connectivity index (χ3n) is 4.07. The Morgan fingerprint density at radius 3 is 3.04 bits per heavy atom. The van der Waals surface area contributed by atoms with E-state index in [0.29, 0.717) is 12.1 Å². The number of nitrogens with one attached hydrogen (secondary N) is 1. The minimum absolute atomic E-state index is 0.312. The molecule has 1 amide bonds. The van der Waals surface area contributed by atoms with Crippen molar-refractivity contribution in [2.75, 3.05) is 26.1 Å². The van der Waals surface area contributed by atoms with Gasteiger partial charge in [0.05, 0.1) is 6.26 Å². The van der Waals surface area contributed by atoms with Gasteiger partial charge in [0.15, 0.2) is 6.10 Å². The molecule has 3 heterocycles. The molecule has 2 aliphatic heterocycles. The third kappa shape index (κ3) is 3.47. The van der Waals surface area contributed by atoms with Gasteiger partial charge in [-0.25, -0.2) is 9.98 Å². The van der Waals surface area contributed by atoms with Crippen LogP contribution in [0.25, 0.3) is 0 Å². The van der Waals surface area contributed by atoms with E-state index in [2.05, 4.69) is 21.4 Å². The zero-order chi connectivity index (χ0) is 16.9. The van der Waals surface area contributed by atoms with Crippen molar-refractivity contribution in [2.45, 2.75) is 31.7 Å². The fourth-order valence-electron chi connectivity index (χ4n) is 2.90. The number of carbonyl (C=O) groups excluding carboxylic acids is 1. The number of anilines is 1. The summed E-state index contributed by atoms with van der Waals surface area (Å²) in [6.07, 6.45) is 5.60. The smallest absolute Gasteiger partial charge is 0.286 e. The number of allylic oxidation sites excluding steroid dienone is 1. The van der Waals surface area contributed by atoms with Crippen LogP contribution in [-0.4, -0.2) is 44.0 Å². The first kappa shape index (κ1) is 16.6. The van der Waals surface area contributed by atoms with Crippen LogP contribution in [0.15, 0.2) is 23.4 Å². The molecule has 0 saturated carbocycles. The highest BCUT2D eigenvalue weighted by atomic mass is 16.7. The van der Waals surface area contributed by atoms with Gasteiger partial charge in [0.2, 0.25) is 6.29 Å². The third-order valence-corrected chi connectivity index (χ3v) is 4.07. The first-order chi connectivity index (χ1) is 11.7. The minimum atomic E-state index is -0.676. The van der Waals surface area contributed by atoms with Crippen molar-refractivity contribution < 1.29 is 19.0 Å². The fourth-order valence-corrected chi connectivity index (χ4v) is 2.90. The van der Waals surface area contributed by atoms with Gasteiger partial charge < -0.3 is 19.5 Å². The molecule has 1 aromatic rings. The van der Waals surface area contributed by atoms with Gasteiger partial charge in [-0.15, -0.1) is 0 Å². The van der Waals surface area contributed by atoms with Gasteiger partial charge in [0.25, 0.3) is 5.91 Å². The van der Waals surface area contributed by atoms with Gasteiger partial charge in [-0.3, -0.25) is 4.79 Å². The SMILES string of the molecule is COC(OC)c1nc2c(cc1CC1OC=CC=NC1=O)CCCN2. The number of ether oxygens (including phenoxy) is 3. The van der Waals surface area contributed by atoms with Crippen LogP contribution in [-0.2, 0) is 31.8 Å². The lowest BCUT2D eigenvalue weighted by molar-refractivity contribution is -0.126. The number of carbonyl (C=O) groups is 1. The Morgan fingerprint density at radius 2 is 2.25 bits per heavy atom. The molecule has 1 unspecified atom stereocenters. The maximum Gasteiger partial charge on any atom is 0.286 e. The number of amides is 1. The van der Waals surface area contributed by atoms with Gasteiger partial charge in [-0.05, 0) is 36.1 Å². The lowest BCUT2D eigenvalue weighted by Gasteiger charge is -2.24. The molecular formula is C17H21N3O4. The molecule has 1 atom stereocenters. The van der Waals surface area contributed by atoms with Crippen LogP contribution in [0.2, 0.25) is 0 Å². The van der Waals surface area contributed by atoms with Crippen molar-refractivity contribution in [3.63, 3.8) is 0 Å². The Kier molecular flexibility index (Phi) is 5.22. The number of aryl methyl sites for hydroxylation is 1. The van der Waals surface area contributed by atoms with E-state index in [0.717, 1.165) is 36.3 Å². The molecular weight excluding hydrogens is 310 g/mol. The first-order valence-corrected chi connectivity index (χ1v) is 7.93. The molecule has 0 aliphatic carbocycles. The summed E-state index contributed by atoms with van der Waals surface area (Å²) in [6, 6.07) is 2.06. The number of pyridine rings is 1. The number of nitrogens with zero attached hydrogens (tertiary/aromatic N) is 2. The summed E-state index contributed by atoms with van der Waals surface area (Å²) in [5, 5.41) is 3.30. The second-order valence-corrected chi connectivity index (χ2v) is 5.65. The summed E-state index contributed by atoms with van der Waals surface area (Å²) in [6.45, 7) is 0.896. The van der Waals surface area contributed by atoms with Crippen molar-refractivity contribution in [1.82, 2.24) is 4.98 Å². The lowest BCUT2D eigenvalue weighted by Crippen LogP contribution is -2.25. The maximum absolute atomic E-state index is 12.1. The van der Waals surface area contributed by atoms with Crippen LogP contribution < -0.4 is 5.32 Å². The van der Waals surface area contributed by atoms with E-state index in [9.17, 15) is 4.79 Å². The maximum atomic E-state index is 12.1. The first-order valence-electron chi connectivity index (χ1n) is 7.93. The Balaban J connectivity index is 1.96. The summed E-state index contributed by atoms with van der Waals surface area (Å²) in [4.78, 5) is 20.6. The summed E-state index contributed by atoms with van der Waals surface area (Å²) in [5.41, 5.74) is 2.66. The fraction of sp³-hybridized carbons (Fsp3) is 0.471. The van der Waals surface area contributed by atoms with Crippen LogP contribution in [0.4, 0.5) is 5.82 Å². The van der Waals surface area contributed by atoms with Crippen molar-refractivity contribution >= 4 is 17.9 Å². The van der Waals surface area contributed by atoms with Crippen molar-refractivity contribution in [3.05, 3.63) is 35.2 Å². The largest absolute Gasteiger partial charge is 0.488 e. The molecule has 0 bridgehead atoms. The van der Waals surface area contributed by atoms with Gasteiger partial charge in [-0.1, -0.05) is 0 Å². The highest BCUT2D eigenvalue weighted by molar-refractivity contribution is 5.92. The number of methoxy groups -OCH3 is 2. The number of rotatable bonds is 5. The van der Waals surface area contributed by atoms with E-state index in [-0.39, 0.29) is 5.91 Å². The molecule has 0 fully saturated rings. The van der Waals surface area contributed by atoms with Crippen molar-refractivity contribution in [3.8, 4) is 0 Å². The predicted octanol–water partition coefficient (Wildman–Crippen LogP) is 1.78. The molecule has 1 N–H and O–H groups in total. The van der Waals surface area contributed by atoms with Gasteiger partial charge in [-0.2, -0.15) is 0 Å². The number of aromatic nitrogens is 1. The zero-order valence-corrected chi connectivity index (χ0v) is 13.8. The van der Waals surface area contributed by atoms with E-state index in [1.807, 2.05) is 0 Å². The Bertz CT molecular complexity index is 668. The van der Waals surface area contributed by atoms with Gasteiger partial charge >= 0.3 is 0 Å². The Labute approximate surface area is 140 Å². The topological polar surface area (TPSA) is 82.0 Å². The molecule has 3 rings (SSSR count). The van der Waals surface area contributed by atoms with E-state index in [4.69, 9.17) is 14.2 Å². The second kappa shape index (κ2) is 7.55. The average molecular weight is 331 g/mol. The lowest BCUT2D eigenvalue weighted by atomic mass is 9.99. The Hall–Kier alpha value is -2.25. The normalized spacial score (nSPS) is 19.6. The quantitative estimate of drug-likeness (QED) is 0.828. The van der Waals surface area contributed by atoms with E-state index >= 15 is 0 Å². The van der Waals surface area contributed by atoms with Crippen LogP contribution in [0.1, 0.15) is 29.5 Å². The highest BCUT2D eigenvalue weighted by Crippen LogP contribution is 2.29. The monoisotopic (exact) mass is 331 g/mol.